The molecule has 1 aromatic heterocycles. The number of nitrogens with two attached hydrogens (primary N) is 1. The third-order valence-electron chi connectivity index (χ3n) is 3.72. The van der Waals surface area contributed by atoms with Crippen molar-refractivity contribution >= 4 is 11.6 Å². The summed E-state index contributed by atoms with van der Waals surface area (Å²) >= 11 is 0. The fraction of sp³-hybridized carbons (Fsp3) is 0.692. The van der Waals surface area contributed by atoms with Crippen molar-refractivity contribution in [3.8, 4) is 0 Å². The van der Waals surface area contributed by atoms with Crippen LogP contribution in [0.4, 0.5) is 11.6 Å². The van der Waals surface area contributed by atoms with Crippen LogP contribution in [-0.2, 0) is 11.2 Å². The lowest BCUT2D eigenvalue weighted by Gasteiger charge is -2.19. The highest BCUT2D eigenvalue weighted by atomic mass is 16.5. The van der Waals surface area contributed by atoms with Gasteiger partial charge >= 0.3 is 0 Å². The zero-order chi connectivity index (χ0) is 13.7. The van der Waals surface area contributed by atoms with Gasteiger partial charge in [-0.05, 0) is 19.3 Å². The normalized spacial score (nSPS) is 22.5. The van der Waals surface area contributed by atoms with Crippen LogP contribution in [0.3, 0.4) is 0 Å². The first-order valence-corrected chi connectivity index (χ1v) is 6.96. The van der Waals surface area contributed by atoms with E-state index in [1.54, 1.807) is 0 Å². The van der Waals surface area contributed by atoms with Gasteiger partial charge in [0.2, 0.25) is 0 Å². The van der Waals surface area contributed by atoms with E-state index in [4.69, 9.17) is 10.6 Å². The van der Waals surface area contributed by atoms with Gasteiger partial charge in [-0.1, -0.05) is 13.8 Å². The maximum atomic E-state index is 5.70. The number of hydrazine groups is 1. The molecule has 0 bridgehead atoms. The largest absolute Gasteiger partial charge is 0.378 e. The zero-order valence-electron chi connectivity index (χ0n) is 11.6. The van der Waals surface area contributed by atoms with E-state index >= 15 is 0 Å². The first-order chi connectivity index (χ1) is 9.30. The predicted octanol–water partition coefficient (Wildman–Crippen LogP) is 1.55. The fourth-order valence-electron chi connectivity index (χ4n) is 2.63. The summed E-state index contributed by atoms with van der Waals surface area (Å²) in [6, 6.07) is 0. The van der Waals surface area contributed by atoms with E-state index < -0.39 is 0 Å². The van der Waals surface area contributed by atoms with E-state index in [0.29, 0.717) is 17.8 Å². The summed E-state index contributed by atoms with van der Waals surface area (Å²) in [7, 11) is 0. The Balaban J connectivity index is 2.03. The minimum Gasteiger partial charge on any atom is -0.378 e. The van der Waals surface area contributed by atoms with Crippen molar-refractivity contribution in [3.05, 3.63) is 11.9 Å². The summed E-state index contributed by atoms with van der Waals surface area (Å²) in [5.41, 5.74) is 3.64. The number of hydrogen-bond donors (Lipinski definition) is 3. The van der Waals surface area contributed by atoms with Crippen molar-refractivity contribution in [2.24, 2.45) is 11.8 Å². The number of ether oxygens (including phenoxy) is 1. The second-order valence-corrected chi connectivity index (χ2v) is 4.79. The lowest BCUT2D eigenvalue weighted by molar-refractivity contribution is 0.0900. The lowest BCUT2D eigenvalue weighted by Crippen LogP contribution is -2.24. The second kappa shape index (κ2) is 6.68. The molecule has 1 aliphatic rings. The molecule has 6 nitrogen and oxygen atoms in total. The first kappa shape index (κ1) is 14.0. The summed E-state index contributed by atoms with van der Waals surface area (Å²) in [6.45, 7) is 5.98. The molecule has 1 fully saturated rings. The van der Waals surface area contributed by atoms with Gasteiger partial charge in [-0.3, -0.25) is 0 Å². The molecule has 0 radical (unpaired) electrons. The minimum atomic E-state index is 0.367. The Morgan fingerprint density at radius 1 is 1.37 bits per heavy atom. The first-order valence-electron chi connectivity index (χ1n) is 6.96. The van der Waals surface area contributed by atoms with Crippen LogP contribution >= 0.6 is 0 Å². The summed E-state index contributed by atoms with van der Waals surface area (Å²) in [5.74, 6) is 7.58. The highest BCUT2D eigenvalue weighted by molar-refractivity contribution is 5.56. The Kier molecular flexibility index (Phi) is 4.93. The van der Waals surface area contributed by atoms with Gasteiger partial charge in [0.05, 0.1) is 6.10 Å². The van der Waals surface area contributed by atoms with Crippen LogP contribution in [-0.4, -0.2) is 29.2 Å². The van der Waals surface area contributed by atoms with Crippen LogP contribution < -0.4 is 16.6 Å². The monoisotopic (exact) mass is 265 g/mol. The third-order valence-corrected chi connectivity index (χ3v) is 3.72. The molecule has 0 saturated carbocycles. The molecule has 2 rings (SSSR count). The van der Waals surface area contributed by atoms with E-state index in [-0.39, 0.29) is 0 Å². The van der Waals surface area contributed by atoms with Gasteiger partial charge in [0.1, 0.15) is 18.0 Å². The molecule has 1 aromatic rings. The molecule has 4 N–H and O–H groups in total. The maximum absolute atomic E-state index is 5.70. The highest BCUT2D eigenvalue weighted by Gasteiger charge is 2.26. The molecule has 2 atom stereocenters. The van der Waals surface area contributed by atoms with Gasteiger partial charge in [0.15, 0.2) is 0 Å². The summed E-state index contributed by atoms with van der Waals surface area (Å²) in [4.78, 5) is 8.44. The van der Waals surface area contributed by atoms with Crippen molar-refractivity contribution in [1.82, 2.24) is 9.97 Å². The van der Waals surface area contributed by atoms with E-state index in [9.17, 15) is 0 Å². The Morgan fingerprint density at radius 3 is 2.84 bits per heavy atom. The standard InChI is InChI=1S/C13H23N5O/c1-3-10-12(16-8-17-13(10)18-14)15-7-9-5-6-19-11(9)4-2/h8-9,11H,3-7,14H2,1-2H3,(H2,15,16,17,18). The van der Waals surface area contributed by atoms with E-state index in [1.807, 2.05) is 0 Å². The molecule has 0 spiro atoms. The molecular formula is C13H23N5O. The van der Waals surface area contributed by atoms with E-state index in [2.05, 4.69) is 34.6 Å². The van der Waals surface area contributed by atoms with Crippen molar-refractivity contribution in [1.29, 1.82) is 0 Å². The highest BCUT2D eigenvalue weighted by Crippen LogP contribution is 2.25. The fourth-order valence-corrected chi connectivity index (χ4v) is 2.63. The zero-order valence-corrected chi connectivity index (χ0v) is 11.6. The molecule has 6 heteroatoms. The van der Waals surface area contributed by atoms with Gasteiger partial charge in [-0.15, -0.1) is 0 Å². The minimum absolute atomic E-state index is 0.367. The molecule has 2 unspecified atom stereocenters. The molecular weight excluding hydrogens is 242 g/mol. The number of nitrogen functional groups attached to an aromatic ring is 1. The van der Waals surface area contributed by atoms with E-state index in [0.717, 1.165) is 43.8 Å². The van der Waals surface area contributed by atoms with Gasteiger partial charge in [-0.2, -0.15) is 0 Å². The van der Waals surface area contributed by atoms with Crippen molar-refractivity contribution in [2.45, 2.75) is 39.2 Å². The second-order valence-electron chi connectivity index (χ2n) is 4.79. The third kappa shape index (κ3) is 3.13. The number of nitrogens with zero attached hydrogens (tertiary/aromatic N) is 2. The number of anilines is 2. The molecule has 1 saturated heterocycles. The average molecular weight is 265 g/mol. The molecule has 1 aliphatic heterocycles. The topological polar surface area (TPSA) is 85.1 Å². The van der Waals surface area contributed by atoms with Crippen molar-refractivity contribution in [3.63, 3.8) is 0 Å². The number of nitrogens with one attached hydrogen (secondary N) is 2. The Bertz CT molecular complexity index is 412. The number of hydrogen-bond acceptors (Lipinski definition) is 6. The Morgan fingerprint density at radius 2 is 2.16 bits per heavy atom. The lowest BCUT2D eigenvalue weighted by atomic mass is 9.99. The summed E-state index contributed by atoms with van der Waals surface area (Å²) < 4.78 is 5.70. The average Bonchev–Trinajstić information content (AvgIpc) is 2.91. The van der Waals surface area contributed by atoms with Gasteiger partial charge in [0.25, 0.3) is 0 Å². The molecule has 0 aromatic carbocycles. The molecule has 106 valence electrons. The number of rotatable bonds is 6. The van der Waals surface area contributed by atoms with Crippen LogP contribution in [0.25, 0.3) is 0 Å². The van der Waals surface area contributed by atoms with Crippen LogP contribution in [0, 0.1) is 5.92 Å². The van der Waals surface area contributed by atoms with Gasteiger partial charge < -0.3 is 15.5 Å². The molecule has 2 heterocycles. The van der Waals surface area contributed by atoms with E-state index in [1.165, 1.54) is 6.33 Å². The molecule has 0 amide bonds. The summed E-state index contributed by atoms with van der Waals surface area (Å²) in [5, 5.41) is 3.42. The van der Waals surface area contributed by atoms with Gasteiger partial charge in [-0.25, -0.2) is 15.8 Å². The molecule has 19 heavy (non-hydrogen) atoms. The van der Waals surface area contributed by atoms with Crippen LogP contribution in [0.2, 0.25) is 0 Å². The number of aromatic nitrogens is 2. The van der Waals surface area contributed by atoms with Crippen molar-refractivity contribution in [2.75, 3.05) is 23.9 Å². The SMILES string of the molecule is CCc1c(NN)ncnc1NCC1CCOC1CC. The predicted molar refractivity (Wildman–Crippen MR) is 75.8 cm³/mol. The Labute approximate surface area is 114 Å². The van der Waals surface area contributed by atoms with Crippen LogP contribution in [0.5, 0.6) is 0 Å². The molecule has 0 aliphatic carbocycles. The van der Waals surface area contributed by atoms with Gasteiger partial charge in [0, 0.05) is 24.6 Å². The Hall–Kier alpha value is -1.40. The smallest absolute Gasteiger partial charge is 0.148 e. The van der Waals surface area contributed by atoms with Crippen LogP contribution in [0.1, 0.15) is 32.3 Å². The quantitative estimate of drug-likeness (QED) is 0.534. The van der Waals surface area contributed by atoms with Crippen molar-refractivity contribution < 1.29 is 4.74 Å². The van der Waals surface area contributed by atoms with Crippen LogP contribution in [0.15, 0.2) is 6.33 Å². The summed E-state index contributed by atoms with van der Waals surface area (Å²) in [6.07, 6.45) is 4.90. The maximum Gasteiger partial charge on any atom is 0.148 e.